The second kappa shape index (κ2) is 6.14. The third kappa shape index (κ3) is 3.11. The van der Waals surface area contributed by atoms with Gasteiger partial charge in [0.1, 0.15) is 0 Å². The number of benzene rings is 2. The van der Waals surface area contributed by atoms with Crippen molar-refractivity contribution in [3.8, 4) is 0 Å². The highest BCUT2D eigenvalue weighted by Crippen LogP contribution is 2.27. The molecule has 0 saturated carbocycles. The Bertz CT molecular complexity index is 641. The van der Waals surface area contributed by atoms with E-state index in [4.69, 9.17) is 11.5 Å². The first-order valence-corrected chi connectivity index (χ1v) is 6.04. The molecule has 0 aliphatic heterocycles. The molecule has 0 aliphatic rings. The van der Waals surface area contributed by atoms with E-state index in [2.05, 4.69) is 10.2 Å². The molecule has 2 aromatic rings. The number of nitrogens with two attached hydrogens (primary N) is 2. The summed E-state index contributed by atoms with van der Waals surface area (Å²) < 4.78 is 0. The lowest BCUT2D eigenvalue weighted by Gasteiger charge is -2.04. The van der Waals surface area contributed by atoms with Gasteiger partial charge in [-0.15, -0.1) is 0 Å². The molecule has 0 fully saturated rings. The van der Waals surface area contributed by atoms with Crippen LogP contribution in [0.25, 0.3) is 0 Å². The van der Waals surface area contributed by atoms with E-state index < -0.39 is 0 Å². The first kappa shape index (κ1) is 14.0. The van der Waals surface area contributed by atoms with Gasteiger partial charge in [0, 0.05) is 22.5 Å². The second-order valence-electron chi connectivity index (χ2n) is 4.29. The predicted octanol–water partition coefficient (Wildman–Crippen LogP) is 2.25. The largest absolute Gasteiger partial charge is 0.399 e. The first-order valence-electron chi connectivity index (χ1n) is 6.04. The third-order valence-corrected chi connectivity index (χ3v) is 2.82. The fraction of sp³-hybridized carbons (Fsp3) is 0.143. The predicted molar refractivity (Wildman–Crippen MR) is 77.7 cm³/mol. The highest BCUT2D eigenvalue weighted by atomic mass is 16.3. The molecular weight excluding hydrogens is 256 g/mol. The summed E-state index contributed by atoms with van der Waals surface area (Å²) in [5, 5.41) is 26.7. The minimum Gasteiger partial charge on any atom is -0.399 e. The van der Waals surface area contributed by atoms with Crippen molar-refractivity contribution >= 4 is 22.7 Å². The van der Waals surface area contributed by atoms with Crippen LogP contribution in [-0.2, 0) is 13.2 Å². The van der Waals surface area contributed by atoms with E-state index in [1.807, 2.05) is 0 Å². The molecule has 0 aromatic heterocycles. The maximum Gasteiger partial charge on any atom is 0.0932 e. The van der Waals surface area contributed by atoms with Crippen LogP contribution in [0.15, 0.2) is 46.6 Å². The summed E-state index contributed by atoms with van der Waals surface area (Å²) in [6.07, 6.45) is 0. The van der Waals surface area contributed by atoms with Crippen molar-refractivity contribution < 1.29 is 10.2 Å². The van der Waals surface area contributed by atoms with Crippen molar-refractivity contribution in [1.82, 2.24) is 0 Å². The van der Waals surface area contributed by atoms with Crippen LogP contribution in [0.4, 0.5) is 22.7 Å². The molecule has 0 amide bonds. The standard InChI is InChI=1S/C14H16N4O2/c15-11-3-4-13(10(5-11)8-20)17-18-14-6-12(16)2-1-9(14)7-19/h1-6,19-20H,7-8,15-16H2. The van der Waals surface area contributed by atoms with Crippen molar-refractivity contribution in [3.05, 3.63) is 47.5 Å². The van der Waals surface area contributed by atoms with E-state index in [1.165, 1.54) is 0 Å². The van der Waals surface area contributed by atoms with Gasteiger partial charge in [0.05, 0.1) is 24.6 Å². The van der Waals surface area contributed by atoms with Gasteiger partial charge >= 0.3 is 0 Å². The zero-order valence-corrected chi connectivity index (χ0v) is 10.8. The molecule has 2 aromatic carbocycles. The normalized spacial score (nSPS) is 11.1. The third-order valence-electron chi connectivity index (χ3n) is 2.82. The Balaban J connectivity index is 2.36. The van der Waals surface area contributed by atoms with Crippen LogP contribution in [0.5, 0.6) is 0 Å². The summed E-state index contributed by atoms with van der Waals surface area (Å²) in [6, 6.07) is 10.0. The van der Waals surface area contributed by atoms with Crippen molar-refractivity contribution in [3.63, 3.8) is 0 Å². The van der Waals surface area contributed by atoms with E-state index in [9.17, 15) is 10.2 Å². The topological polar surface area (TPSA) is 117 Å². The Morgan fingerprint density at radius 2 is 1.35 bits per heavy atom. The van der Waals surface area contributed by atoms with Gasteiger partial charge < -0.3 is 21.7 Å². The summed E-state index contributed by atoms with van der Waals surface area (Å²) in [7, 11) is 0. The Hall–Kier alpha value is -2.44. The van der Waals surface area contributed by atoms with Crippen LogP contribution in [0.3, 0.4) is 0 Å². The zero-order valence-electron chi connectivity index (χ0n) is 10.8. The monoisotopic (exact) mass is 272 g/mol. The van der Waals surface area contributed by atoms with Crippen molar-refractivity contribution in [2.75, 3.05) is 11.5 Å². The number of rotatable bonds is 4. The summed E-state index contributed by atoms with van der Waals surface area (Å²) in [5.41, 5.74) is 14.6. The number of azo groups is 1. The average Bonchev–Trinajstić information content (AvgIpc) is 2.46. The Labute approximate surface area is 116 Å². The van der Waals surface area contributed by atoms with Gasteiger partial charge in [-0.05, 0) is 30.3 Å². The second-order valence-corrected chi connectivity index (χ2v) is 4.29. The molecule has 104 valence electrons. The lowest BCUT2D eigenvalue weighted by Crippen LogP contribution is -1.90. The molecule has 0 atom stereocenters. The molecule has 0 bridgehead atoms. The maximum atomic E-state index is 9.27. The highest BCUT2D eigenvalue weighted by molar-refractivity contribution is 5.57. The lowest BCUT2D eigenvalue weighted by molar-refractivity contribution is 0.281. The van der Waals surface area contributed by atoms with Crippen LogP contribution in [0, 0.1) is 0 Å². The van der Waals surface area contributed by atoms with Gasteiger partial charge in [-0.1, -0.05) is 6.07 Å². The van der Waals surface area contributed by atoms with Gasteiger partial charge in [0.15, 0.2) is 0 Å². The molecule has 0 heterocycles. The molecule has 6 N–H and O–H groups in total. The molecule has 0 unspecified atom stereocenters. The molecule has 2 rings (SSSR count). The number of aliphatic hydroxyl groups excluding tert-OH is 2. The van der Waals surface area contributed by atoms with Gasteiger partial charge in [0.2, 0.25) is 0 Å². The fourth-order valence-electron chi connectivity index (χ4n) is 1.75. The Kier molecular flexibility index (Phi) is 4.29. The molecule has 6 heteroatoms. The molecular formula is C14H16N4O2. The Morgan fingerprint density at radius 3 is 2.05 bits per heavy atom. The number of nitrogens with zero attached hydrogens (tertiary/aromatic N) is 2. The van der Waals surface area contributed by atoms with E-state index in [-0.39, 0.29) is 13.2 Å². The van der Waals surface area contributed by atoms with Crippen LogP contribution < -0.4 is 11.5 Å². The number of aliphatic hydroxyl groups is 2. The van der Waals surface area contributed by atoms with E-state index in [0.29, 0.717) is 33.9 Å². The quantitative estimate of drug-likeness (QED) is 0.504. The molecule has 0 radical (unpaired) electrons. The Morgan fingerprint density at radius 1 is 0.750 bits per heavy atom. The smallest absolute Gasteiger partial charge is 0.0932 e. The summed E-state index contributed by atoms with van der Waals surface area (Å²) in [6.45, 7) is -0.327. The average molecular weight is 272 g/mol. The van der Waals surface area contributed by atoms with E-state index in [0.717, 1.165) is 0 Å². The lowest BCUT2D eigenvalue weighted by atomic mass is 10.1. The SMILES string of the molecule is Nc1ccc(N=Nc2cc(N)ccc2CO)c(CO)c1. The molecule has 0 spiro atoms. The van der Waals surface area contributed by atoms with Crippen LogP contribution in [0.2, 0.25) is 0 Å². The maximum absolute atomic E-state index is 9.27. The van der Waals surface area contributed by atoms with Crippen molar-refractivity contribution in [1.29, 1.82) is 0 Å². The zero-order chi connectivity index (χ0) is 14.5. The minimum atomic E-state index is -0.177. The molecule has 6 nitrogen and oxygen atoms in total. The summed E-state index contributed by atoms with van der Waals surface area (Å²) in [4.78, 5) is 0. The van der Waals surface area contributed by atoms with Crippen LogP contribution in [-0.4, -0.2) is 10.2 Å². The highest BCUT2D eigenvalue weighted by Gasteiger charge is 2.04. The van der Waals surface area contributed by atoms with Gasteiger partial charge in [-0.3, -0.25) is 0 Å². The number of nitrogen functional groups attached to an aromatic ring is 2. The van der Waals surface area contributed by atoms with E-state index >= 15 is 0 Å². The van der Waals surface area contributed by atoms with Crippen molar-refractivity contribution in [2.45, 2.75) is 13.2 Å². The van der Waals surface area contributed by atoms with E-state index in [1.54, 1.807) is 36.4 Å². The van der Waals surface area contributed by atoms with Crippen LogP contribution in [0.1, 0.15) is 11.1 Å². The van der Waals surface area contributed by atoms with Gasteiger partial charge in [-0.2, -0.15) is 10.2 Å². The number of anilines is 2. The first-order chi connectivity index (χ1) is 9.63. The van der Waals surface area contributed by atoms with Gasteiger partial charge in [-0.25, -0.2) is 0 Å². The number of hydrogen-bond acceptors (Lipinski definition) is 6. The summed E-state index contributed by atoms with van der Waals surface area (Å²) >= 11 is 0. The number of hydrogen-bond donors (Lipinski definition) is 4. The fourth-order valence-corrected chi connectivity index (χ4v) is 1.75. The van der Waals surface area contributed by atoms with Gasteiger partial charge in [0.25, 0.3) is 0 Å². The van der Waals surface area contributed by atoms with Crippen LogP contribution >= 0.6 is 0 Å². The minimum absolute atomic E-state index is 0.150. The molecule has 0 aliphatic carbocycles. The summed E-state index contributed by atoms with van der Waals surface area (Å²) in [5.74, 6) is 0. The van der Waals surface area contributed by atoms with Crippen molar-refractivity contribution in [2.24, 2.45) is 10.2 Å². The molecule has 20 heavy (non-hydrogen) atoms. The molecule has 0 saturated heterocycles.